The Morgan fingerprint density at radius 2 is 1.72 bits per heavy atom. The van der Waals surface area contributed by atoms with Crippen LogP contribution in [0.1, 0.15) is 18.0 Å². The highest BCUT2D eigenvalue weighted by atomic mass is 16.7. The molecule has 0 aliphatic carbocycles. The molecule has 142 valence electrons. The van der Waals surface area contributed by atoms with Crippen LogP contribution in [0.15, 0.2) is 12.4 Å². The van der Waals surface area contributed by atoms with Crippen LogP contribution in [-0.4, -0.2) is 101 Å². The van der Waals surface area contributed by atoms with Gasteiger partial charge in [-0.25, -0.2) is 4.98 Å². The molecule has 1 aromatic heterocycles. The SMILES string of the molecule is OC[C@@H]1[C@@H](O[C@@H]2O[C@H](CO)[C@@H](O)[C@H](O)[C@@H]2O)[C@H](O)[C@H](O)c2nccn21. The first-order chi connectivity index (χ1) is 11.9. The second kappa shape index (κ2) is 7.23. The van der Waals surface area contributed by atoms with E-state index in [-0.39, 0.29) is 5.82 Å². The minimum atomic E-state index is -1.66. The van der Waals surface area contributed by atoms with Gasteiger partial charge in [0.15, 0.2) is 6.29 Å². The number of hydrogen-bond acceptors (Lipinski definition) is 10. The minimum Gasteiger partial charge on any atom is -0.394 e. The van der Waals surface area contributed by atoms with Gasteiger partial charge >= 0.3 is 0 Å². The van der Waals surface area contributed by atoms with Crippen LogP contribution in [0.3, 0.4) is 0 Å². The molecule has 11 nitrogen and oxygen atoms in total. The van der Waals surface area contributed by atoms with Gasteiger partial charge in [0, 0.05) is 12.4 Å². The number of nitrogens with zero attached hydrogens (tertiary/aromatic N) is 2. The van der Waals surface area contributed by atoms with E-state index in [9.17, 15) is 35.7 Å². The summed E-state index contributed by atoms with van der Waals surface area (Å²) in [5.41, 5.74) is 0. The van der Waals surface area contributed by atoms with Gasteiger partial charge in [0.25, 0.3) is 0 Å². The van der Waals surface area contributed by atoms with Crippen LogP contribution in [0.5, 0.6) is 0 Å². The molecule has 0 amide bonds. The van der Waals surface area contributed by atoms with Crippen molar-refractivity contribution in [1.29, 1.82) is 0 Å². The molecule has 0 spiro atoms. The van der Waals surface area contributed by atoms with Crippen molar-refractivity contribution in [3.63, 3.8) is 0 Å². The highest BCUT2D eigenvalue weighted by Gasteiger charge is 2.49. The van der Waals surface area contributed by atoms with Crippen molar-refractivity contribution in [2.75, 3.05) is 13.2 Å². The van der Waals surface area contributed by atoms with Crippen molar-refractivity contribution in [3.8, 4) is 0 Å². The van der Waals surface area contributed by atoms with Crippen LogP contribution in [0.4, 0.5) is 0 Å². The van der Waals surface area contributed by atoms with Gasteiger partial charge in [-0.1, -0.05) is 0 Å². The van der Waals surface area contributed by atoms with Crippen LogP contribution in [0.25, 0.3) is 0 Å². The molecule has 25 heavy (non-hydrogen) atoms. The van der Waals surface area contributed by atoms with Crippen molar-refractivity contribution in [3.05, 3.63) is 18.2 Å². The third-order valence-corrected chi connectivity index (χ3v) is 4.69. The van der Waals surface area contributed by atoms with Crippen molar-refractivity contribution in [2.45, 2.75) is 55.1 Å². The fraction of sp³-hybridized carbons (Fsp3) is 0.786. The lowest BCUT2D eigenvalue weighted by atomic mass is 9.95. The molecular formula is C14H22N2O9. The summed E-state index contributed by atoms with van der Waals surface area (Å²) in [6, 6.07) is -0.830. The van der Waals surface area contributed by atoms with Crippen LogP contribution >= 0.6 is 0 Å². The monoisotopic (exact) mass is 362 g/mol. The fourth-order valence-corrected chi connectivity index (χ4v) is 3.25. The highest BCUT2D eigenvalue weighted by molar-refractivity contribution is 5.09. The summed E-state index contributed by atoms with van der Waals surface area (Å²) in [4.78, 5) is 3.93. The molecule has 0 unspecified atom stereocenters. The number of fused-ring (bicyclic) bond motifs is 1. The minimum absolute atomic E-state index is 0.153. The molecule has 1 aromatic rings. The second-order valence-electron chi connectivity index (χ2n) is 6.18. The number of aliphatic hydroxyl groups is 7. The van der Waals surface area contributed by atoms with Crippen LogP contribution in [-0.2, 0) is 9.47 Å². The van der Waals surface area contributed by atoms with Gasteiger partial charge in [0.2, 0.25) is 0 Å². The maximum atomic E-state index is 10.3. The molecule has 0 radical (unpaired) electrons. The molecule has 0 bridgehead atoms. The maximum Gasteiger partial charge on any atom is 0.187 e. The van der Waals surface area contributed by atoms with Gasteiger partial charge in [0.1, 0.15) is 48.6 Å². The molecule has 2 aliphatic rings. The normalized spacial score (nSPS) is 44.5. The van der Waals surface area contributed by atoms with Crippen molar-refractivity contribution < 1.29 is 45.2 Å². The third-order valence-electron chi connectivity index (χ3n) is 4.69. The summed E-state index contributed by atoms with van der Waals surface area (Å²) < 4.78 is 12.2. The average molecular weight is 362 g/mol. The number of aromatic nitrogens is 2. The first-order valence-electron chi connectivity index (χ1n) is 7.86. The highest BCUT2D eigenvalue weighted by Crippen LogP contribution is 2.35. The summed E-state index contributed by atoms with van der Waals surface area (Å²) in [5.74, 6) is 0.153. The Kier molecular flexibility index (Phi) is 5.39. The number of aliphatic hydroxyl groups excluding tert-OH is 7. The van der Waals surface area contributed by atoms with E-state index >= 15 is 0 Å². The van der Waals surface area contributed by atoms with E-state index < -0.39 is 68.3 Å². The summed E-state index contributed by atoms with van der Waals surface area (Å²) in [5, 5.41) is 69.0. The molecule has 3 heterocycles. The lowest BCUT2D eigenvalue weighted by molar-refractivity contribution is -0.325. The molecule has 1 fully saturated rings. The second-order valence-corrected chi connectivity index (χ2v) is 6.18. The Morgan fingerprint density at radius 1 is 1.00 bits per heavy atom. The summed E-state index contributed by atoms with van der Waals surface area (Å²) >= 11 is 0. The van der Waals surface area contributed by atoms with Gasteiger partial charge in [0.05, 0.1) is 19.3 Å². The predicted octanol–water partition coefficient (Wildman–Crippen LogP) is -3.99. The molecular weight excluding hydrogens is 340 g/mol. The molecule has 2 aliphatic heterocycles. The molecule has 3 rings (SSSR count). The van der Waals surface area contributed by atoms with Crippen LogP contribution < -0.4 is 0 Å². The first kappa shape index (κ1) is 18.6. The first-order valence-corrected chi connectivity index (χ1v) is 7.86. The molecule has 7 N–H and O–H groups in total. The largest absolute Gasteiger partial charge is 0.394 e. The lowest BCUT2D eigenvalue weighted by Crippen LogP contribution is -2.61. The zero-order valence-corrected chi connectivity index (χ0v) is 13.1. The molecule has 11 heteroatoms. The third kappa shape index (κ3) is 3.07. The Hall–Kier alpha value is -1.15. The molecule has 0 saturated carbocycles. The van der Waals surface area contributed by atoms with E-state index in [0.717, 1.165) is 0 Å². The zero-order chi connectivity index (χ0) is 18.3. The van der Waals surface area contributed by atoms with Gasteiger partial charge in [-0.05, 0) is 0 Å². The Balaban J connectivity index is 1.83. The standard InChI is InChI=1S/C14H22N2O9/c17-3-5-12(9(21)10(22)13-15-1-2-16(5)13)25-14-11(23)8(20)7(19)6(4-18)24-14/h1-2,5-12,14,17-23H,3-4H2/t5-,6-,7-,8+,9-,10+,11+,12-,14+/m1/s1. The number of imidazole rings is 1. The van der Waals surface area contributed by atoms with E-state index in [2.05, 4.69) is 4.98 Å². The average Bonchev–Trinajstić information content (AvgIpc) is 3.09. The van der Waals surface area contributed by atoms with E-state index in [0.29, 0.717) is 0 Å². The lowest BCUT2D eigenvalue weighted by Gasteiger charge is -2.44. The number of rotatable bonds is 4. The van der Waals surface area contributed by atoms with Crippen molar-refractivity contribution >= 4 is 0 Å². The quantitative estimate of drug-likeness (QED) is 0.279. The Labute approximate surface area is 142 Å². The topological polar surface area (TPSA) is 178 Å². The molecule has 0 aromatic carbocycles. The molecule has 1 saturated heterocycles. The molecule has 9 atom stereocenters. The fourth-order valence-electron chi connectivity index (χ4n) is 3.25. The van der Waals surface area contributed by atoms with E-state index in [1.807, 2.05) is 0 Å². The summed E-state index contributed by atoms with van der Waals surface area (Å²) in [7, 11) is 0. The summed E-state index contributed by atoms with van der Waals surface area (Å²) in [6.45, 7) is -1.09. The van der Waals surface area contributed by atoms with Crippen LogP contribution in [0, 0.1) is 0 Å². The van der Waals surface area contributed by atoms with Crippen molar-refractivity contribution in [2.24, 2.45) is 0 Å². The summed E-state index contributed by atoms with van der Waals surface area (Å²) in [6.07, 6.45) is -8.72. The zero-order valence-electron chi connectivity index (χ0n) is 13.1. The van der Waals surface area contributed by atoms with Crippen LogP contribution in [0.2, 0.25) is 0 Å². The number of hydrogen-bond donors (Lipinski definition) is 7. The van der Waals surface area contributed by atoms with E-state index in [1.54, 1.807) is 0 Å². The van der Waals surface area contributed by atoms with E-state index in [1.165, 1.54) is 17.0 Å². The Bertz CT molecular complexity index is 582. The maximum absolute atomic E-state index is 10.3. The van der Waals surface area contributed by atoms with Gasteiger partial charge < -0.3 is 49.8 Å². The van der Waals surface area contributed by atoms with Crippen molar-refractivity contribution in [1.82, 2.24) is 9.55 Å². The van der Waals surface area contributed by atoms with Gasteiger partial charge in [-0.15, -0.1) is 0 Å². The van der Waals surface area contributed by atoms with E-state index in [4.69, 9.17) is 9.47 Å². The number of ether oxygens (including phenoxy) is 2. The van der Waals surface area contributed by atoms with Gasteiger partial charge in [-0.2, -0.15) is 0 Å². The van der Waals surface area contributed by atoms with Gasteiger partial charge in [-0.3, -0.25) is 0 Å². The Morgan fingerprint density at radius 3 is 2.36 bits per heavy atom. The predicted molar refractivity (Wildman–Crippen MR) is 78.0 cm³/mol. The smallest absolute Gasteiger partial charge is 0.187 e.